The zero-order valence-electron chi connectivity index (χ0n) is 13.7. The second-order valence-electron chi connectivity index (χ2n) is 5.64. The molecular formula is C19H17ClN2O3. The molecule has 0 saturated carbocycles. The van der Waals surface area contributed by atoms with Crippen LogP contribution in [0.3, 0.4) is 0 Å². The number of hydrogen-bond acceptors (Lipinski definition) is 3. The Labute approximate surface area is 150 Å². The monoisotopic (exact) mass is 356 g/mol. The molecule has 6 heteroatoms. The van der Waals surface area contributed by atoms with Gasteiger partial charge in [0.25, 0.3) is 11.8 Å². The van der Waals surface area contributed by atoms with E-state index in [1.54, 1.807) is 60.4 Å². The van der Waals surface area contributed by atoms with Crippen LogP contribution in [0.25, 0.3) is 0 Å². The maximum atomic E-state index is 12.3. The summed E-state index contributed by atoms with van der Waals surface area (Å²) in [4.78, 5) is 26.1. The summed E-state index contributed by atoms with van der Waals surface area (Å²) in [6.45, 7) is 5.78. The summed E-state index contributed by atoms with van der Waals surface area (Å²) >= 11 is 5.83. The van der Waals surface area contributed by atoms with Crippen molar-refractivity contribution in [1.29, 1.82) is 0 Å². The van der Waals surface area contributed by atoms with Crippen LogP contribution in [0.4, 0.5) is 11.4 Å². The Balaban J connectivity index is 1.84. The van der Waals surface area contributed by atoms with Gasteiger partial charge in [-0.15, -0.1) is 6.58 Å². The standard InChI is InChI=1S/C19H17ClN2O3/c1-3-10-22-16-9-8-15(11-17(16)25-12(2)19(22)24)21-18(23)13-4-6-14(20)7-5-13/h3-9,11-12H,1,10H2,2H3,(H,21,23). The van der Waals surface area contributed by atoms with E-state index in [2.05, 4.69) is 11.9 Å². The van der Waals surface area contributed by atoms with Crippen LogP contribution in [0.15, 0.2) is 55.1 Å². The van der Waals surface area contributed by atoms with Crippen molar-refractivity contribution in [3.05, 3.63) is 65.7 Å². The first-order chi connectivity index (χ1) is 12.0. The molecule has 0 aromatic heterocycles. The Kier molecular flexibility index (Phi) is 4.76. The van der Waals surface area contributed by atoms with Crippen molar-refractivity contribution >= 4 is 34.8 Å². The number of rotatable bonds is 4. The van der Waals surface area contributed by atoms with Gasteiger partial charge < -0.3 is 15.0 Å². The molecule has 2 aromatic rings. The van der Waals surface area contributed by atoms with Gasteiger partial charge >= 0.3 is 0 Å². The number of anilines is 2. The van der Waals surface area contributed by atoms with Crippen molar-refractivity contribution in [2.45, 2.75) is 13.0 Å². The molecule has 0 radical (unpaired) electrons. The molecule has 128 valence electrons. The van der Waals surface area contributed by atoms with Gasteiger partial charge in [-0.3, -0.25) is 9.59 Å². The normalized spacial score (nSPS) is 16.0. The number of carbonyl (C=O) groups is 2. The van der Waals surface area contributed by atoms with Crippen LogP contribution in [0.1, 0.15) is 17.3 Å². The first-order valence-corrected chi connectivity index (χ1v) is 8.17. The highest BCUT2D eigenvalue weighted by atomic mass is 35.5. The molecule has 1 aliphatic rings. The Hall–Kier alpha value is -2.79. The van der Waals surface area contributed by atoms with E-state index in [-0.39, 0.29) is 11.8 Å². The lowest BCUT2D eigenvalue weighted by atomic mass is 10.1. The van der Waals surface area contributed by atoms with Gasteiger partial charge in [-0.1, -0.05) is 17.7 Å². The van der Waals surface area contributed by atoms with E-state index in [4.69, 9.17) is 16.3 Å². The van der Waals surface area contributed by atoms with Gasteiger partial charge in [0.05, 0.1) is 5.69 Å². The fraction of sp³-hybridized carbons (Fsp3) is 0.158. The molecule has 25 heavy (non-hydrogen) atoms. The number of halogens is 1. The van der Waals surface area contributed by atoms with Crippen molar-refractivity contribution in [3.63, 3.8) is 0 Å². The molecule has 0 saturated heterocycles. The molecule has 1 N–H and O–H groups in total. The van der Waals surface area contributed by atoms with Crippen LogP contribution >= 0.6 is 11.6 Å². The molecule has 0 bridgehead atoms. The minimum atomic E-state index is -0.588. The number of nitrogens with zero attached hydrogens (tertiary/aromatic N) is 1. The van der Waals surface area contributed by atoms with Gasteiger partial charge in [0.1, 0.15) is 5.75 Å². The molecule has 1 heterocycles. The third kappa shape index (κ3) is 3.51. The van der Waals surface area contributed by atoms with E-state index >= 15 is 0 Å². The lowest BCUT2D eigenvalue weighted by Gasteiger charge is -2.32. The van der Waals surface area contributed by atoms with Gasteiger partial charge in [-0.25, -0.2) is 0 Å². The van der Waals surface area contributed by atoms with E-state index in [1.807, 2.05) is 0 Å². The van der Waals surface area contributed by atoms with Crippen LogP contribution in [0.5, 0.6) is 5.75 Å². The second kappa shape index (κ2) is 6.99. The Morgan fingerprint density at radius 3 is 2.72 bits per heavy atom. The molecule has 1 aliphatic heterocycles. The van der Waals surface area contributed by atoms with E-state index in [0.717, 1.165) is 0 Å². The van der Waals surface area contributed by atoms with Crippen molar-refractivity contribution in [2.75, 3.05) is 16.8 Å². The maximum absolute atomic E-state index is 12.3. The Morgan fingerprint density at radius 1 is 1.32 bits per heavy atom. The average Bonchev–Trinajstić information content (AvgIpc) is 2.59. The van der Waals surface area contributed by atoms with Crippen LogP contribution in [-0.2, 0) is 4.79 Å². The lowest BCUT2D eigenvalue weighted by Crippen LogP contribution is -2.44. The van der Waals surface area contributed by atoms with E-state index in [9.17, 15) is 9.59 Å². The summed E-state index contributed by atoms with van der Waals surface area (Å²) in [5, 5.41) is 3.38. The first kappa shape index (κ1) is 17.0. The molecular weight excluding hydrogens is 340 g/mol. The number of fused-ring (bicyclic) bond motifs is 1. The molecule has 1 unspecified atom stereocenters. The molecule has 0 fully saturated rings. The van der Waals surface area contributed by atoms with Gasteiger partial charge in [0.2, 0.25) is 0 Å². The van der Waals surface area contributed by atoms with Crippen molar-refractivity contribution in [1.82, 2.24) is 0 Å². The van der Waals surface area contributed by atoms with Crippen molar-refractivity contribution < 1.29 is 14.3 Å². The van der Waals surface area contributed by atoms with Gasteiger partial charge in [0.15, 0.2) is 6.10 Å². The van der Waals surface area contributed by atoms with Crippen molar-refractivity contribution in [3.8, 4) is 5.75 Å². The summed E-state index contributed by atoms with van der Waals surface area (Å²) in [6, 6.07) is 11.8. The number of carbonyl (C=O) groups excluding carboxylic acids is 2. The van der Waals surface area contributed by atoms with E-state index < -0.39 is 6.10 Å². The second-order valence-corrected chi connectivity index (χ2v) is 6.08. The minimum Gasteiger partial charge on any atom is -0.479 e. The zero-order chi connectivity index (χ0) is 18.0. The maximum Gasteiger partial charge on any atom is 0.268 e. The molecule has 5 nitrogen and oxygen atoms in total. The predicted octanol–water partition coefficient (Wildman–Crippen LogP) is 3.89. The quantitative estimate of drug-likeness (QED) is 0.845. The van der Waals surface area contributed by atoms with Crippen LogP contribution < -0.4 is 15.0 Å². The van der Waals surface area contributed by atoms with Crippen LogP contribution in [-0.4, -0.2) is 24.5 Å². The fourth-order valence-electron chi connectivity index (χ4n) is 2.61. The molecule has 0 spiro atoms. The lowest BCUT2D eigenvalue weighted by molar-refractivity contribution is -0.125. The van der Waals surface area contributed by atoms with Gasteiger partial charge in [-0.05, 0) is 43.3 Å². The van der Waals surface area contributed by atoms with Crippen LogP contribution in [0.2, 0.25) is 5.02 Å². The first-order valence-electron chi connectivity index (χ1n) is 7.79. The Bertz CT molecular complexity index is 833. The highest BCUT2D eigenvalue weighted by molar-refractivity contribution is 6.30. The fourth-order valence-corrected chi connectivity index (χ4v) is 2.74. The third-order valence-corrected chi connectivity index (χ3v) is 4.10. The molecule has 1 atom stereocenters. The average molecular weight is 357 g/mol. The van der Waals surface area contributed by atoms with E-state index in [0.29, 0.717) is 34.3 Å². The topological polar surface area (TPSA) is 58.6 Å². The predicted molar refractivity (Wildman–Crippen MR) is 98.5 cm³/mol. The highest BCUT2D eigenvalue weighted by Gasteiger charge is 2.30. The van der Waals surface area contributed by atoms with Crippen LogP contribution in [0, 0.1) is 0 Å². The minimum absolute atomic E-state index is 0.120. The van der Waals surface area contributed by atoms with Gasteiger partial charge in [-0.2, -0.15) is 0 Å². The number of hydrogen-bond donors (Lipinski definition) is 1. The summed E-state index contributed by atoms with van der Waals surface area (Å²) in [7, 11) is 0. The number of benzene rings is 2. The molecule has 2 amide bonds. The van der Waals surface area contributed by atoms with Crippen molar-refractivity contribution in [2.24, 2.45) is 0 Å². The molecule has 2 aromatic carbocycles. The molecule has 3 rings (SSSR count). The summed E-state index contributed by atoms with van der Waals surface area (Å²) in [6.07, 6.45) is 1.07. The third-order valence-electron chi connectivity index (χ3n) is 3.84. The molecule has 0 aliphatic carbocycles. The number of nitrogens with one attached hydrogen (secondary N) is 1. The largest absolute Gasteiger partial charge is 0.479 e. The number of ether oxygens (including phenoxy) is 1. The summed E-state index contributed by atoms with van der Waals surface area (Å²) < 4.78 is 5.67. The SMILES string of the molecule is C=CCN1C(=O)C(C)Oc2cc(NC(=O)c3ccc(Cl)cc3)ccc21. The number of amides is 2. The van der Waals surface area contributed by atoms with Gasteiger partial charge in [0, 0.05) is 28.9 Å². The van der Waals surface area contributed by atoms with E-state index in [1.165, 1.54) is 0 Å². The summed E-state index contributed by atoms with van der Waals surface area (Å²) in [5.41, 5.74) is 1.74. The smallest absolute Gasteiger partial charge is 0.268 e. The highest BCUT2D eigenvalue weighted by Crippen LogP contribution is 2.36. The zero-order valence-corrected chi connectivity index (χ0v) is 14.4. The Morgan fingerprint density at radius 2 is 2.04 bits per heavy atom. The summed E-state index contributed by atoms with van der Waals surface area (Å²) in [5.74, 6) is 0.174.